The molecule has 0 aliphatic rings. The van der Waals surface area contributed by atoms with Crippen molar-refractivity contribution >= 4 is 28.5 Å². The molecule has 2 rings (SSSR count). The van der Waals surface area contributed by atoms with Crippen molar-refractivity contribution in [2.24, 2.45) is 21.5 Å². The molecule has 152 valence electrons. The number of guanidine groups is 2. The summed E-state index contributed by atoms with van der Waals surface area (Å²) in [6.07, 6.45) is 3.63. The summed E-state index contributed by atoms with van der Waals surface area (Å²) >= 11 is 0. The average Bonchev–Trinajstić information content (AvgIpc) is 2.64. The van der Waals surface area contributed by atoms with E-state index in [0.717, 1.165) is 35.2 Å². The van der Waals surface area contributed by atoms with E-state index in [1.807, 2.05) is 38.1 Å². The molecule has 1 aromatic heterocycles. The van der Waals surface area contributed by atoms with Crippen LogP contribution in [0.25, 0.3) is 10.9 Å². The molecule has 1 atom stereocenters. The minimum absolute atomic E-state index is 0.000613. The fourth-order valence-corrected chi connectivity index (χ4v) is 2.81. The summed E-state index contributed by atoms with van der Waals surface area (Å²) in [4.78, 5) is 13.0. The maximum atomic E-state index is 5.46. The summed E-state index contributed by atoms with van der Waals surface area (Å²) in [6, 6.07) is 8.37. The van der Waals surface area contributed by atoms with Crippen molar-refractivity contribution in [3.05, 3.63) is 30.5 Å². The molecular weight excluding hydrogens is 354 g/mol. The van der Waals surface area contributed by atoms with Gasteiger partial charge in [0.2, 0.25) is 5.96 Å². The highest BCUT2D eigenvalue weighted by Crippen LogP contribution is 2.28. The third-order valence-electron chi connectivity index (χ3n) is 4.03. The molecule has 2 aromatic rings. The lowest BCUT2D eigenvalue weighted by atomic mass is 10.1. The SMILES string of the molecule is COc1cc(N[C@H](C)CCCN=C(N=C(N)N)NC(C)C)c2ncccc2c1. The van der Waals surface area contributed by atoms with Gasteiger partial charge in [-0.15, -0.1) is 0 Å². The largest absolute Gasteiger partial charge is 0.497 e. The number of anilines is 1. The number of rotatable bonds is 8. The third kappa shape index (κ3) is 6.61. The molecular formula is C20H31N7O. The second kappa shape index (κ2) is 10.3. The topological polar surface area (TPSA) is 123 Å². The highest BCUT2D eigenvalue weighted by Gasteiger charge is 2.09. The van der Waals surface area contributed by atoms with Gasteiger partial charge < -0.3 is 26.8 Å². The second-order valence-electron chi connectivity index (χ2n) is 6.98. The number of ether oxygens (including phenoxy) is 1. The molecule has 0 saturated heterocycles. The first-order chi connectivity index (χ1) is 13.4. The summed E-state index contributed by atoms with van der Waals surface area (Å²) in [5.41, 5.74) is 12.8. The van der Waals surface area contributed by atoms with Gasteiger partial charge in [0.15, 0.2) is 5.96 Å². The molecule has 1 aromatic carbocycles. The molecule has 0 aliphatic heterocycles. The molecule has 0 aliphatic carbocycles. The van der Waals surface area contributed by atoms with E-state index < -0.39 is 0 Å². The van der Waals surface area contributed by atoms with Crippen molar-refractivity contribution < 1.29 is 4.74 Å². The van der Waals surface area contributed by atoms with Gasteiger partial charge in [0.05, 0.1) is 18.3 Å². The Balaban J connectivity index is 1.97. The number of aliphatic imine (C=N–C) groups is 2. The minimum atomic E-state index is -0.000613. The Morgan fingerprint density at radius 3 is 2.71 bits per heavy atom. The van der Waals surface area contributed by atoms with Crippen LogP contribution in [-0.2, 0) is 0 Å². The number of pyridine rings is 1. The quantitative estimate of drug-likeness (QED) is 0.314. The summed E-state index contributed by atoms with van der Waals surface area (Å²) < 4.78 is 5.41. The van der Waals surface area contributed by atoms with E-state index >= 15 is 0 Å². The van der Waals surface area contributed by atoms with Crippen molar-refractivity contribution in [2.75, 3.05) is 19.0 Å². The molecule has 1 heterocycles. The lowest BCUT2D eigenvalue weighted by Gasteiger charge is -2.17. The third-order valence-corrected chi connectivity index (χ3v) is 4.03. The number of fused-ring (bicyclic) bond motifs is 1. The van der Waals surface area contributed by atoms with Gasteiger partial charge in [-0.1, -0.05) is 6.07 Å². The Morgan fingerprint density at radius 2 is 2.04 bits per heavy atom. The molecule has 0 unspecified atom stereocenters. The lowest BCUT2D eigenvalue weighted by molar-refractivity contribution is 0.415. The van der Waals surface area contributed by atoms with Crippen LogP contribution < -0.4 is 26.8 Å². The fourth-order valence-electron chi connectivity index (χ4n) is 2.81. The zero-order chi connectivity index (χ0) is 20.5. The van der Waals surface area contributed by atoms with Crippen LogP contribution in [0.3, 0.4) is 0 Å². The number of nitrogens with two attached hydrogens (primary N) is 2. The number of nitrogens with one attached hydrogen (secondary N) is 2. The van der Waals surface area contributed by atoms with Gasteiger partial charge in [-0.25, -0.2) is 0 Å². The van der Waals surface area contributed by atoms with Crippen molar-refractivity contribution in [2.45, 2.75) is 45.7 Å². The van der Waals surface area contributed by atoms with Crippen molar-refractivity contribution in [1.82, 2.24) is 10.3 Å². The zero-order valence-corrected chi connectivity index (χ0v) is 17.1. The van der Waals surface area contributed by atoms with Gasteiger partial charge in [-0.3, -0.25) is 9.98 Å². The molecule has 28 heavy (non-hydrogen) atoms. The molecule has 0 radical (unpaired) electrons. The van der Waals surface area contributed by atoms with Crippen LogP contribution in [-0.4, -0.2) is 42.6 Å². The van der Waals surface area contributed by atoms with E-state index in [4.69, 9.17) is 16.2 Å². The van der Waals surface area contributed by atoms with Crippen LogP contribution in [0.1, 0.15) is 33.6 Å². The number of hydrogen-bond acceptors (Lipinski definition) is 4. The van der Waals surface area contributed by atoms with E-state index in [0.29, 0.717) is 12.5 Å². The van der Waals surface area contributed by atoms with Crippen LogP contribution in [0, 0.1) is 0 Å². The number of hydrogen-bond donors (Lipinski definition) is 4. The van der Waals surface area contributed by atoms with E-state index in [2.05, 4.69) is 32.5 Å². The van der Waals surface area contributed by atoms with Gasteiger partial charge in [-0.05, 0) is 45.7 Å². The minimum Gasteiger partial charge on any atom is -0.497 e. The van der Waals surface area contributed by atoms with Crippen LogP contribution >= 0.6 is 0 Å². The molecule has 0 saturated carbocycles. The number of aromatic nitrogens is 1. The second-order valence-corrected chi connectivity index (χ2v) is 6.98. The van der Waals surface area contributed by atoms with E-state index in [-0.39, 0.29) is 18.0 Å². The number of nitrogens with zero attached hydrogens (tertiary/aromatic N) is 3. The normalized spacial score (nSPS) is 12.7. The monoisotopic (exact) mass is 385 g/mol. The molecule has 0 bridgehead atoms. The van der Waals surface area contributed by atoms with Gasteiger partial charge in [0, 0.05) is 36.3 Å². The molecule has 6 N–H and O–H groups in total. The summed E-state index contributed by atoms with van der Waals surface area (Å²) in [5, 5.41) is 7.72. The molecule has 8 heteroatoms. The van der Waals surface area contributed by atoms with Crippen LogP contribution in [0.4, 0.5) is 5.69 Å². The van der Waals surface area contributed by atoms with Crippen LogP contribution in [0.2, 0.25) is 0 Å². The maximum Gasteiger partial charge on any atom is 0.221 e. The fraction of sp³-hybridized carbons (Fsp3) is 0.450. The summed E-state index contributed by atoms with van der Waals surface area (Å²) in [5.74, 6) is 1.28. The lowest BCUT2D eigenvalue weighted by Crippen LogP contribution is -2.33. The first kappa shape index (κ1) is 21.3. The van der Waals surface area contributed by atoms with E-state index in [1.54, 1.807) is 13.3 Å². The van der Waals surface area contributed by atoms with Crippen molar-refractivity contribution in [3.63, 3.8) is 0 Å². The van der Waals surface area contributed by atoms with Crippen LogP contribution in [0.15, 0.2) is 40.4 Å². The van der Waals surface area contributed by atoms with Crippen molar-refractivity contribution in [1.29, 1.82) is 0 Å². The number of benzene rings is 1. The first-order valence-electron chi connectivity index (χ1n) is 9.49. The Labute approximate surface area is 166 Å². The Bertz CT molecular complexity index is 828. The Kier molecular flexibility index (Phi) is 7.86. The molecule has 0 fully saturated rings. The summed E-state index contributed by atoms with van der Waals surface area (Å²) in [6.45, 7) is 6.79. The predicted octanol–water partition coefficient (Wildman–Crippen LogP) is 2.45. The summed E-state index contributed by atoms with van der Waals surface area (Å²) in [7, 11) is 1.67. The average molecular weight is 386 g/mol. The first-order valence-corrected chi connectivity index (χ1v) is 9.49. The molecule has 8 nitrogen and oxygen atoms in total. The van der Waals surface area contributed by atoms with Gasteiger partial charge in [0.1, 0.15) is 5.75 Å². The maximum absolute atomic E-state index is 5.46. The highest BCUT2D eigenvalue weighted by atomic mass is 16.5. The van der Waals surface area contributed by atoms with E-state index in [9.17, 15) is 0 Å². The molecule has 0 spiro atoms. The molecule has 0 amide bonds. The smallest absolute Gasteiger partial charge is 0.221 e. The van der Waals surface area contributed by atoms with Gasteiger partial charge in [-0.2, -0.15) is 4.99 Å². The zero-order valence-electron chi connectivity index (χ0n) is 17.1. The highest BCUT2D eigenvalue weighted by molar-refractivity contribution is 5.93. The standard InChI is InChI=1S/C20H31N7O/c1-13(2)25-20(27-19(21)22)24-10-5-7-14(3)26-17-12-16(28-4)11-15-8-6-9-23-18(15)17/h6,8-9,11-14,26H,5,7,10H2,1-4H3,(H5,21,22,24,25,27)/t14-/m1/s1. The Hall–Kier alpha value is -3.03. The van der Waals surface area contributed by atoms with Crippen LogP contribution in [0.5, 0.6) is 5.75 Å². The Morgan fingerprint density at radius 1 is 1.25 bits per heavy atom. The number of methoxy groups -OCH3 is 1. The van der Waals surface area contributed by atoms with Gasteiger partial charge in [0.25, 0.3) is 0 Å². The van der Waals surface area contributed by atoms with E-state index in [1.165, 1.54) is 0 Å². The van der Waals surface area contributed by atoms with Crippen molar-refractivity contribution in [3.8, 4) is 5.75 Å². The predicted molar refractivity (Wildman–Crippen MR) is 117 cm³/mol. The van der Waals surface area contributed by atoms with Gasteiger partial charge >= 0.3 is 0 Å².